The average Bonchev–Trinajstić information content (AvgIpc) is 2.02. The Hall–Kier alpha value is 0.350. The second kappa shape index (κ2) is 6.05. The highest BCUT2D eigenvalue weighted by atomic mass is 79.9. The molecule has 6 heteroatoms. The van der Waals surface area contributed by atoms with E-state index >= 15 is 0 Å². The van der Waals surface area contributed by atoms with Crippen LogP contribution in [0.25, 0.3) is 0 Å². The van der Waals surface area contributed by atoms with Crippen LogP contribution in [-0.4, -0.2) is 44.7 Å². The van der Waals surface area contributed by atoms with E-state index in [1.807, 2.05) is 32.8 Å². The second-order valence-corrected chi connectivity index (χ2v) is 7.01. The third-order valence-corrected chi connectivity index (χ3v) is 4.60. The monoisotopic (exact) mass is 286 g/mol. The fourth-order valence-corrected chi connectivity index (χ4v) is 2.31. The molecule has 0 amide bonds. The number of likely N-dealkylation sites (N-methyl/N-ethyl adjacent to an activating group) is 1. The van der Waals surface area contributed by atoms with E-state index in [4.69, 9.17) is 0 Å². The van der Waals surface area contributed by atoms with Crippen LogP contribution in [0.5, 0.6) is 0 Å². The Morgan fingerprint density at radius 2 is 1.86 bits per heavy atom. The first-order valence-corrected chi connectivity index (χ1v) is 7.26. The maximum absolute atomic E-state index is 11.3. The minimum absolute atomic E-state index is 0.0347. The summed E-state index contributed by atoms with van der Waals surface area (Å²) < 4.78 is 25.3. The fraction of sp³-hybridized carbons (Fsp3) is 1.00. The van der Waals surface area contributed by atoms with Gasteiger partial charge in [0.2, 0.25) is 10.0 Å². The molecule has 14 heavy (non-hydrogen) atoms. The molecule has 0 aromatic carbocycles. The predicted molar refractivity (Wildman–Crippen MR) is 63.0 cm³/mol. The van der Waals surface area contributed by atoms with E-state index in [9.17, 15) is 8.42 Å². The number of halogens is 1. The zero-order chi connectivity index (χ0) is 11.4. The standard InChI is InChI=1S/C8H19BrN2O2S/c1-7(2)8(5-11(3)4)10-14(12,13)6-9/h7-8,10H,5-6H2,1-4H3. The van der Waals surface area contributed by atoms with Crippen LogP contribution >= 0.6 is 15.9 Å². The quantitative estimate of drug-likeness (QED) is 0.737. The van der Waals surface area contributed by atoms with Gasteiger partial charge < -0.3 is 4.90 Å². The van der Waals surface area contributed by atoms with Gasteiger partial charge in [0.1, 0.15) is 4.66 Å². The molecule has 0 aromatic rings. The molecule has 0 aliphatic carbocycles. The molecule has 0 radical (unpaired) electrons. The highest BCUT2D eigenvalue weighted by molar-refractivity contribution is 9.10. The van der Waals surface area contributed by atoms with Crippen molar-refractivity contribution in [3.05, 3.63) is 0 Å². The van der Waals surface area contributed by atoms with E-state index < -0.39 is 10.0 Å². The maximum atomic E-state index is 11.3. The molecule has 4 nitrogen and oxygen atoms in total. The SMILES string of the molecule is CC(C)C(CN(C)C)NS(=O)(=O)CBr. The minimum atomic E-state index is -3.17. The Morgan fingerprint density at radius 3 is 2.14 bits per heavy atom. The number of nitrogens with zero attached hydrogens (tertiary/aromatic N) is 1. The average molecular weight is 287 g/mol. The van der Waals surface area contributed by atoms with Crippen molar-refractivity contribution in [2.24, 2.45) is 5.92 Å². The molecule has 0 bridgehead atoms. The zero-order valence-corrected chi connectivity index (χ0v) is 11.5. The van der Waals surface area contributed by atoms with Gasteiger partial charge in [0, 0.05) is 12.6 Å². The number of rotatable bonds is 6. The van der Waals surface area contributed by atoms with Crippen LogP contribution < -0.4 is 4.72 Å². The van der Waals surface area contributed by atoms with Crippen molar-refractivity contribution >= 4 is 26.0 Å². The van der Waals surface area contributed by atoms with Crippen LogP contribution in [0.3, 0.4) is 0 Å². The van der Waals surface area contributed by atoms with Crippen molar-refractivity contribution in [3.8, 4) is 0 Å². The molecule has 0 rings (SSSR count). The zero-order valence-electron chi connectivity index (χ0n) is 9.12. The molecule has 0 saturated heterocycles. The molecule has 0 saturated carbocycles. The molecule has 0 heterocycles. The molecule has 1 atom stereocenters. The Bertz CT molecular complexity index is 252. The first-order chi connectivity index (χ1) is 6.28. The van der Waals surface area contributed by atoms with Crippen LogP contribution in [0.15, 0.2) is 0 Å². The Balaban J connectivity index is 4.38. The van der Waals surface area contributed by atoms with E-state index in [0.29, 0.717) is 6.54 Å². The number of sulfonamides is 1. The summed E-state index contributed by atoms with van der Waals surface area (Å²) in [5.41, 5.74) is 0. The van der Waals surface area contributed by atoms with Crippen molar-refractivity contribution in [3.63, 3.8) is 0 Å². The summed E-state index contributed by atoms with van der Waals surface area (Å²) in [4.78, 5) is 1.97. The smallest absolute Gasteiger partial charge is 0.221 e. The van der Waals surface area contributed by atoms with Gasteiger partial charge in [0.25, 0.3) is 0 Å². The molecule has 0 aliphatic rings. The molecule has 0 aliphatic heterocycles. The summed E-state index contributed by atoms with van der Waals surface area (Å²) in [6.07, 6.45) is 0. The maximum Gasteiger partial charge on any atom is 0.221 e. The normalized spacial score (nSPS) is 15.1. The van der Waals surface area contributed by atoms with Crippen molar-refractivity contribution in [2.75, 3.05) is 25.3 Å². The first kappa shape index (κ1) is 14.3. The lowest BCUT2D eigenvalue weighted by molar-refractivity contribution is 0.314. The van der Waals surface area contributed by atoms with Gasteiger partial charge in [-0.05, 0) is 20.0 Å². The molecule has 0 spiro atoms. The van der Waals surface area contributed by atoms with Gasteiger partial charge in [-0.1, -0.05) is 29.8 Å². The van der Waals surface area contributed by atoms with Gasteiger partial charge >= 0.3 is 0 Å². The van der Waals surface area contributed by atoms with Gasteiger partial charge in [0.05, 0.1) is 0 Å². The lowest BCUT2D eigenvalue weighted by Crippen LogP contribution is -2.45. The molecule has 0 fully saturated rings. The number of hydrogen-bond acceptors (Lipinski definition) is 3. The molecule has 1 N–H and O–H groups in total. The third kappa shape index (κ3) is 5.95. The lowest BCUT2D eigenvalue weighted by atomic mass is 10.1. The summed E-state index contributed by atoms with van der Waals surface area (Å²) >= 11 is 2.95. The lowest BCUT2D eigenvalue weighted by Gasteiger charge is -2.24. The summed E-state index contributed by atoms with van der Waals surface area (Å²) in [6, 6.07) is -0.0347. The topological polar surface area (TPSA) is 49.4 Å². The van der Waals surface area contributed by atoms with Crippen LogP contribution in [-0.2, 0) is 10.0 Å². The number of alkyl halides is 1. The van der Waals surface area contributed by atoms with Crippen molar-refractivity contribution in [1.82, 2.24) is 9.62 Å². The van der Waals surface area contributed by atoms with E-state index in [2.05, 4.69) is 20.7 Å². The highest BCUT2D eigenvalue weighted by Crippen LogP contribution is 2.05. The van der Waals surface area contributed by atoms with E-state index in [1.54, 1.807) is 0 Å². The van der Waals surface area contributed by atoms with Crippen molar-refractivity contribution in [1.29, 1.82) is 0 Å². The Kier molecular flexibility index (Phi) is 6.20. The highest BCUT2D eigenvalue weighted by Gasteiger charge is 2.20. The summed E-state index contributed by atoms with van der Waals surface area (Å²) in [5, 5.41) is 0. The van der Waals surface area contributed by atoms with E-state index in [1.165, 1.54) is 0 Å². The predicted octanol–water partition coefficient (Wildman–Crippen LogP) is 0.844. The van der Waals surface area contributed by atoms with E-state index in [0.717, 1.165) is 0 Å². The molecular weight excluding hydrogens is 268 g/mol. The largest absolute Gasteiger partial charge is 0.308 e. The Morgan fingerprint density at radius 1 is 1.36 bits per heavy atom. The molecule has 0 aromatic heterocycles. The van der Waals surface area contributed by atoms with Crippen molar-refractivity contribution < 1.29 is 8.42 Å². The molecule has 1 unspecified atom stereocenters. The summed E-state index contributed by atoms with van der Waals surface area (Å²) in [5.74, 6) is 0.284. The summed E-state index contributed by atoms with van der Waals surface area (Å²) in [6.45, 7) is 4.72. The summed E-state index contributed by atoms with van der Waals surface area (Å²) in [7, 11) is 0.687. The number of nitrogens with one attached hydrogen (secondary N) is 1. The van der Waals surface area contributed by atoms with E-state index in [-0.39, 0.29) is 16.6 Å². The van der Waals surface area contributed by atoms with Gasteiger partial charge in [0.15, 0.2) is 0 Å². The molecular formula is C8H19BrN2O2S. The second-order valence-electron chi connectivity index (χ2n) is 3.95. The van der Waals surface area contributed by atoms with Crippen LogP contribution in [0, 0.1) is 5.92 Å². The van der Waals surface area contributed by atoms with Crippen LogP contribution in [0.2, 0.25) is 0 Å². The van der Waals surface area contributed by atoms with Gasteiger partial charge in [-0.25, -0.2) is 13.1 Å². The van der Waals surface area contributed by atoms with Crippen LogP contribution in [0.1, 0.15) is 13.8 Å². The van der Waals surface area contributed by atoms with Crippen molar-refractivity contribution in [2.45, 2.75) is 19.9 Å². The Labute approximate surface area is 95.2 Å². The minimum Gasteiger partial charge on any atom is -0.308 e. The first-order valence-electron chi connectivity index (χ1n) is 4.49. The molecule has 86 valence electrons. The number of hydrogen-bond donors (Lipinski definition) is 1. The van der Waals surface area contributed by atoms with Gasteiger partial charge in [-0.15, -0.1) is 0 Å². The fourth-order valence-electron chi connectivity index (χ4n) is 1.04. The van der Waals surface area contributed by atoms with Gasteiger partial charge in [-0.2, -0.15) is 0 Å². The van der Waals surface area contributed by atoms with Gasteiger partial charge in [-0.3, -0.25) is 0 Å². The third-order valence-electron chi connectivity index (χ3n) is 1.84. The van der Waals surface area contributed by atoms with Crippen LogP contribution in [0.4, 0.5) is 0 Å².